The predicted octanol–water partition coefficient (Wildman–Crippen LogP) is 3.75. The number of fused-ring (bicyclic) bond motifs is 1. The van der Waals surface area contributed by atoms with E-state index in [0.29, 0.717) is 29.2 Å². The van der Waals surface area contributed by atoms with Crippen LogP contribution in [0.4, 0.5) is 0 Å². The zero-order valence-electron chi connectivity index (χ0n) is 16.1. The molecule has 1 aliphatic heterocycles. The second kappa shape index (κ2) is 7.58. The fourth-order valence-electron chi connectivity index (χ4n) is 3.67. The Bertz CT molecular complexity index is 919. The van der Waals surface area contributed by atoms with Crippen molar-refractivity contribution in [2.24, 2.45) is 5.92 Å². The third-order valence-corrected chi connectivity index (χ3v) is 5.36. The van der Waals surface area contributed by atoms with Crippen molar-refractivity contribution in [3.05, 3.63) is 70.8 Å². The summed E-state index contributed by atoms with van der Waals surface area (Å²) in [5, 5.41) is 0. The Labute approximate surface area is 164 Å². The van der Waals surface area contributed by atoms with Crippen LogP contribution in [0, 0.1) is 5.92 Å². The van der Waals surface area contributed by atoms with Crippen LogP contribution in [0.15, 0.2) is 48.5 Å². The van der Waals surface area contributed by atoms with Gasteiger partial charge in [0.15, 0.2) is 0 Å². The van der Waals surface area contributed by atoms with Gasteiger partial charge < -0.3 is 4.90 Å². The van der Waals surface area contributed by atoms with Crippen LogP contribution in [-0.2, 0) is 6.54 Å². The van der Waals surface area contributed by atoms with E-state index in [9.17, 15) is 14.4 Å². The van der Waals surface area contributed by atoms with Crippen molar-refractivity contribution in [1.29, 1.82) is 0 Å². The van der Waals surface area contributed by atoms with Crippen molar-refractivity contribution in [1.82, 2.24) is 9.80 Å². The molecule has 2 aromatic carbocycles. The number of amides is 3. The van der Waals surface area contributed by atoms with Crippen LogP contribution in [-0.4, -0.2) is 40.6 Å². The summed E-state index contributed by atoms with van der Waals surface area (Å²) in [6, 6.07) is 14.3. The van der Waals surface area contributed by atoms with Crippen LogP contribution >= 0.6 is 0 Å². The highest BCUT2D eigenvalue weighted by Gasteiger charge is 2.36. The van der Waals surface area contributed by atoms with Gasteiger partial charge in [0.25, 0.3) is 17.7 Å². The third-order valence-electron chi connectivity index (χ3n) is 5.36. The molecule has 0 saturated heterocycles. The van der Waals surface area contributed by atoms with Gasteiger partial charge in [-0.1, -0.05) is 37.3 Å². The van der Waals surface area contributed by atoms with E-state index in [1.54, 1.807) is 18.2 Å². The zero-order valence-corrected chi connectivity index (χ0v) is 16.1. The van der Waals surface area contributed by atoms with Crippen molar-refractivity contribution in [2.75, 3.05) is 13.1 Å². The molecule has 1 aliphatic carbocycles. The molecule has 28 heavy (non-hydrogen) atoms. The van der Waals surface area contributed by atoms with Gasteiger partial charge in [0, 0.05) is 18.7 Å². The summed E-state index contributed by atoms with van der Waals surface area (Å²) in [5.41, 5.74) is 2.08. The molecular weight excluding hydrogens is 352 g/mol. The lowest BCUT2D eigenvalue weighted by atomic mass is 10.0. The minimum absolute atomic E-state index is 0.0571. The summed E-state index contributed by atoms with van der Waals surface area (Å²) in [6.07, 6.45) is 3.25. The number of nitrogens with zero attached hydrogens (tertiary/aromatic N) is 2. The van der Waals surface area contributed by atoms with Crippen molar-refractivity contribution in [3.63, 3.8) is 0 Å². The third kappa shape index (κ3) is 3.57. The van der Waals surface area contributed by atoms with Gasteiger partial charge in [-0.2, -0.15) is 0 Å². The molecule has 5 heteroatoms. The predicted molar refractivity (Wildman–Crippen MR) is 106 cm³/mol. The van der Waals surface area contributed by atoms with Crippen LogP contribution < -0.4 is 0 Å². The molecule has 1 saturated carbocycles. The molecule has 0 radical (unpaired) electrons. The summed E-state index contributed by atoms with van der Waals surface area (Å²) in [7, 11) is 0. The van der Waals surface area contributed by atoms with E-state index in [1.807, 2.05) is 35.2 Å². The Balaban J connectivity index is 1.56. The number of rotatable bonds is 7. The van der Waals surface area contributed by atoms with Gasteiger partial charge in [-0.05, 0) is 48.9 Å². The maximum Gasteiger partial charge on any atom is 0.261 e. The van der Waals surface area contributed by atoms with Gasteiger partial charge in [0.2, 0.25) is 0 Å². The van der Waals surface area contributed by atoms with Gasteiger partial charge in [0.1, 0.15) is 0 Å². The number of imide groups is 1. The lowest BCUT2D eigenvalue weighted by Crippen LogP contribution is -2.33. The van der Waals surface area contributed by atoms with Crippen LogP contribution in [0.5, 0.6) is 0 Å². The highest BCUT2D eigenvalue weighted by Crippen LogP contribution is 2.31. The molecule has 0 aromatic heterocycles. The number of hydrogen-bond donors (Lipinski definition) is 0. The summed E-state index contributed by atoms with van der Waals surface area (Å²) in [5.74, 6) is -0.0817. The van der Waals surface area contributed by atoms with Crippen molar-refractivity contribution in [2.45, 2.75) is 32.7 Å². The van der Waals surface area contributed by atoms with E-state index >= 15 is 0 Å². The Kier molecular flexibility index (Phi) is 4.99. The summed E-state index contributed by atoms with van der Waals surface area (Å²) >= 11 is 0. The molecule has 2 aromatic rings. The fourth-order valence-corrected chi connectivity index (χ4v) is 3.67. The fraction of sp³-hybridized carbons (Fsp3) is 0.348. The van der Waals surface area contributed by atoms with Gasteiger partial charge in [0.05, 0.1) is 17.7 Å². The molecule has 1 fully saturated rings. The molecule has 5 nitrogen and oxygen atoms in total. The quantitative estimate of drug-likeness (QED) is 0.692. The lowest BCUT2D eigenvalue weighted by molar-refractivity contribution is 0.0642. The maximum absolute atomic E-state index is 13.0. The number of benzene rings is 2. The van der Waals surface area contributed by atoms with Crippen LogP contribution in [0.1, 0.15) is 62.8 Å². The van der Waals surface area contributed by atoms with E-state index < -0.39 is 0 Å². The minimum Gasteiger partial charge on any atom is -0.338 e. The minimum atomic E-state index is -0.331. The second-order valence-electron chi connectivity index (χ2n) is 7.64. The lowest BCUT2D eigenvalue weighted by Gasteiger charge is -2.22. The second-order valence-corrected chi connectivity index (χ2v) is 7.64. The molecule has 0 N–H and O–H groups in total. The molecular formula is C23H24N2O3. The zero-order chi connectivity index (χ0) is 19.7. The molecule has 1 heterocycles. The van der Waals surface area contributed by atoms with Crippen molar-refractivity contribution < 1.29 is 14.4 Å². The van der Waals surface area contributed by atoms with Gasteiger partial charge in [-0.25, -0.2) is 0 Å². The SMILES string of the molecule is CCCN(CC1CC1)C(=O)c1ccc2c(c1)C(=O)N(Cc1ccccc1)C2=O. The maximum atomic E-state index is 13.0. The average Bonchev–Trinajstić information content (AvgIpc) is 3.51. The van der Waals surface area contributed by atoms with Crippen molar-refractivity contribution >= 4 is 17.7 Å². The van der Waals surface area contributed by atoms with Gasteiger partial charge >= 0.3 is 0 Å². The summed E-state index contributed by atoms with van der Waals surface area (Å²) < 4.78 is 0. The first-order valence-corrected chi connectivity index (χ1v) is 9.92. The van der Waals surface area contributed by atoms with E-state index in [1.165, 1.54) is 17.7 Å². The van der Waals surface area contributed by atoms with Gasteiger partial charge in [-0.15, -0.1) is 0 Å². The Morgan fingerprint density at radius 1 is 1.04 bits per heavy atom. The molecule has 0 bridgehead atoms. The topological polar surface area (TPSA) is 57.7 Å². The normalized spacial score (nSPS) is 15.7. The number of carbonyl (C=O) groups is 3. The molecule has 0 atom stereocenters. The van der Waals surface area contributed by atoms with Crippen molar-refractivity contribution in [3.8, 4) is 0 Å². The van der Waals surface area contributed by atoms with E-state index in [-0.39, 0.29) is 24.3 Å². The summed E-state index contributed by atoms with van der Waals surface area (Å²) in [4.78, 5) is 41.6. The molecule has 2 aliphatic rings. The monoisotopic (exact) mass is 376 g/mol. The first kappa shape index (κ1) is 18.4. The first-order chi connectivity index (χ1) is 13.6. The number of carbonyl (C=O) groups excluding carboxylic acids is 3. The Hall–Kier alpha value is -2.95. The highest BCUT2D eigenvalue weighted by atomic mass is 16.2. The molecule has 4 rings (SSSR count). The van der Waals surface area contributed by atoms with Gasteiger partial charge in [-0.3, -0.25) is 19.3 Å². The largest absolute Gasteiger partial charge is 0.338 e. The first-order valence-electron chi connectivity index (χ1n) is 9.92. The van der Waals surface area contributed by atoms with Crippen LogP contribution in [0.2, 0.25) is 0 Å². The van der Waals surface area contributed by atoms with E-state index in [0.717, 1.165) is 18.5 Å². The van der Waals surface area contributed by atoms with Crippen LogP contribution in [0.25, 0.3) is 0 Å². The highest BCUT2D eigenvalue weighted by molar-refractivity contribution is 6.22. The molecule has 0 spiro atoms. The van der Waals surface area contributed by atoms with E-state index in [2.05, 4.69) is 6.92 Å². The average molecular weight is 376 g/mol. The molecule has 144 valence electrons. The molecule has 0 unspecified atom stereocenters. The number of hydrogen-bond acceptors (Lipinski definition) is 3. The smallest absolute Gasteiger partial charge is 0.261 e. The van der Waals surface area contributed by atoms with E-state index in [4.69, 9.17) is 0 Å². The summed E-state index contributed by atoms with van der Waals surface area (Å²) in [6.45, 7) is 3.77. The van der Waals surface area contributed by atoms with Crippen LogP contribution in [0.3, 0.4) is 0 Å². The molecule has 3 amide bonds. The standard InChI is InChI=1S/C23H24N2O3/c1-2-12-24(14-17-8-9-17)21(26)18-10-11-19-20(13-18)23(28)25(22(19)27)15-16-6-4-3-5-7-16/h3-7,10-11,13,17H,2,8-9,12,14-15H2,1H3. The Morgan fingerprint density at radius 3 is 2.43 bits per heavy atom. The Morgan fingerprint density at radius 2 is 1.75 bits per heavy atom.